The van der Waals surface area contributed by atoms with Crippen molar-refractivity contribution in [3.63, 3.8) is 0 Å². The molecule has 1 atom stereocenters. The predicted molar refractivity (Wildman–Crippen MR) is 93.5 cm³/mol. The van der Waals surface area contributed by atoms with Crippen LogP contribution in [0.1, 0.15) is 48.5 Å². The van der Waals surface area contributed by atoms with Crippen LogP contribution in [0.15, 0.2) is 21.9 Å². The maximum atomic E-state index is 3.92. The van der Waals surface area contributed by atoms with Crippen molar-refractivity contribution in [2.45, 2.75) is 73.1 Å². The highest BCUT2D eigenvalue weighted by Crippen LogP contribution is 2.39. The molecule has 1 rings (SSSR count). The van der Waals surface area contributed by atoms with E-state index < -0.39 is 8.24 Å². The molecule has 0 aromatic heterocycles. The number of hydrogen-bond acceptors (Lipinski definition) is 2. The molecule has 0 fully saturated rings. The molecule has 1 aliphatic rings. The van der Waals surface area contributed by atoms with Gasteiger partial charge in [-0.3, -0.25) is 4.90 Å². The van der Waals surface area contributed by atoms with Crippen molar-refractivity contribution in [1.82, 2.24) is 9.88 Å². The summed E-state index contributed by atoms with van der Waals surface area (Å²) in [5, 5.41) is 1.63. The Hall–Kier alpha value is -0.383. The molecule has 0 bridgehead atoms. The molecule has 20 heavy (non-hydrogen) atoms. The molecule has 0 amide bonds. The molecule has 0 spiro atoms. The highest BCUT2D eigenvalue weighted by Gasteiger charge is 2.39. The van der Waals surface area contributed by atoms with Crippen LogP contribution < -0.4 is 4.98 Å². The fourth-order valence-electron chi connectivity index (χ4n) is 3.96. The number of likely N-dealkylation sites (N-methyl/N-ethyl adjacent to an activating group) is 1. The van der Waals surface area contributed by atoms with E-state index in [0.29, 0.717) is 6.04 Å². The van der Waals surface area contributed by atoms with Gasteiger partial charge in [0, 0.05) is 5.54 Å². The second-order valence-corrected chi connectivity index (χ2v) is 11.8. The molecule has 0 aliphatic heterocycles. The van der Waals surface area contributed by atoms with E-state index >= 15 is 0 Å². The first kappa shape index (κ1) is 17.7. The van der Waals surface area contributed by atoms with Gasteiger partial charge in [-0.15, -0.1) is 0 Å². The highest BCUT2D eigenvalue weighted by atomic mass is 28.3. The highest BCUT2D eigenvalue weighted by molar-refractivity contribution is 6.83. The number of hydrogen-bond donors (Lipinski definition) is 1. The zero-order valence-corrected chi connectivity index (χ0v) is 16.2. The van der Waals surface area contributed by atoms with Gasteiger partial charge in [0.25, 0.3) is 0 Å². The quantitative estimate of drug-likeness (QED) is 0.785. The van der Waals surface area contributed by atoms with Crippen molar-refractivity contribution in [3.8, 4) is 0 Å². The third-order valence-corrected chi connectivity index (χ3v) is 7.83. The normalized spacial score (nSPS) is 21.4. The number of allylic oxidation sites excluding steroid dienone is 2. The molecule has 116 valence electrons. The fourth-order valence-corrected chi connectivity index (χ4v) is 8.22. The van der Waals surface area contributed by atoms with Gasteiger partial charge in [0.05, 0.1) is 6.04 Å². The van der Waals surface area contributed by atoms with Crippen molar-refractivity contribution in [3.05, 3.63) is 21.9 Å². The van der Waals surface area contributed by atoms with E-state index in [4.69, 9.17) is 0 Å². The first-order valence-electron chi connectivity index (χ1n) is 7.81. The third-order valence-electron chi connectivity index (χ3n) is 4.43. The number of rotatable bonds is 4. The van der Waals surface area contributed by atoms with E-state index in [1.54, 1.807) is 10.8 Å². The maximum Gasteiger partial charge on any atom is 0.152 e. The Balaban J connectivity index is 3.26. The van der Waals surface area contributed by atoms with Crippen LogP contribution in [0.5, 0.6) is 0 Å². The molecular formula is C17H34N2Si. The summed E-state index contributed by atoms with van der Waals surface area (Å²) in [4.78, 5) is 6.39. The molecule has 0 saturated carbocycles. The number of nitrogens with zero attached hydrogens (tertiary/aromatic N) is 1. The van der Waals surface area contributed by atoms with Gasteiger partial charge in [-0.1, -0.05) is 25.6 Å². The standard InChI is InChI=1S/C17H34N2Si/c1-11-19(8)15-12(2)13(3)16(14(15)4)20(9,10)18-17(5,6)7/h15,18H,11H2,1-10H3. The van der Waals surface area contributed by atoms with Gasteiger partial charge in [-0.05, 0) is 71.5 Å². The molecular weight excluding hydrogens is 260 g/mol. The molecule has 0 aromatic rings. The van der Waals surface area contributed by atoms with Gasteiger partial charge in [0.15, 0.2) is 8.24 Å². The smallest absolute Gasteiger partial charge is 0.152 e. The molecule has 0 aromatic carbocycles. The monoisotopic (exact) mass is 294 g/mol. The van der Waals surface area contributed by atoms with Gasteiger partial charge < -0.3 is 4.98 Å². The Kier molecular flexibility index (Phi) is 5.11. The zero-order valence-electron chi connectivity index (χ0n) is 15.2. The lowest BCUT2D eigenvalue weighted by molar-refractivity contribution is 0.317. The van der Waals surface area contributed by atoms with Crippen LogP contribution in [0.3, 0.4) is 0 Å². The van der Waals surface area contributed by atoms with Crippen molar-refractivity contribution in [2.75, 3.05) is 13.6 Å². The Morgan fingerprint density at radius 3 is 2.00 bits per heavy atom. The predicted octanol–water partition coefficient (Wildman–Crippen LogP) is 4.11. The van der Waals surface area contributed by atoms with E-state index in [2.05, 4.69) is 78.5 Å². The van der Waals surface area contributed by atoms with E-state index in [-0.39, 0.29) is 5.54 Å². The Morgan fingerprint density at radius 1 is 1.10 bits per heavy atom. The summed E-state index contributed by atoms with van der Waals surface area (Å²) >= 11 is 0. The van der Waals surface area contributed by atoms with Gasteiger partial charge >= 0.3 is 0 Å². The summed E-state index contributed by atoms with van der Waals surface area (Å²) in [7, 11) is 0.607. The lowest BCUT2D eigenvalue weighted by atomic mass is 10.1. The molecule has 1 aliphatic carbocycles. The average Bonchev–Trinajstić information content (AvgIpc) is 2.46. The topological polar surface area (TPSA) is 15.3 Å². The van der Waals surface area contributed by atoms with Crippen LogP contribution in [0, 0.1) is 0 Å². The second kappa shape index (κ2) is 5.78. The average molecular weight is 295 g/mol. The van der Waals surface area contributed by atoms with Gasteiger partial charge in [-0.2, -0.15) is 0 Å². The fraction of sp³-hybridized carbons (Fsp3) is 0.765. The van der Waals surface area contributed by atoms with E-state index in [0.717, 1.165) is 6.54 Å². The third kappa shape index (κ3) is 3.44. The zero-order chi connectivity index (χ0) is 15.9. The summed E-state index contributed by atoms with van der Waals surface area (Å²) < 4.78 is 0. The van der Waals surface area contributed by atoms with E-state index in [1.807, 2.05) is 0 Å². The molecule has 0 heterocycles. The van der Waals surface area contributed by atoms with Crippen LogP contribution in [-0.4, -0.2) is 38.3 Å². The Morgan fingerprint density at radius 2 is 1.60 bits per heavy atom. The number of nitrogens with one attached hydrogen (secondary N) is 1. The first-order valence-corrected chi connectivity index (χ1v) is 10.8. The summed E-state index contributed by atoms with van der Waals surface area (Å²) in [6.07, 6.45) is 0. The lowest BCUT2D eigenvalue weighted by Crippen LogP contribution is -2.56. The maximum absolute atomic E-state index is 3.92. The lowest BCUT2D eigenvalue weighted by Gasteiger charge is -2.36. The summed E-state index contributed by atoms with van der Waals surface area (Å²) in [6, 6.07) is 0.503. The summed E-state index contributed by atoms with van der Waals surface area (Å²) in [6.45, 7) is 22.0. The van der Waals surface area contributed by atoms with Crippen LogP contribution >= 0.6 is 0 Å². The molecule has 0 saturated heterocycles. The Bertz CT molecular complexity index is 438. The SMILES string of the molecule is CCN(C)C1C(C)=C(C)C([Si](C)(C)NC(C)(C)C)=C1C. The minimum Gasteiger partial charge on any atom is -0.329 e. The minimum absolute atomic E-state index is 0.173. The van der Waals surface area contributed by atoms with E-state index in [1.165, 1.54) is 11.1 Å². The van der Waals surface area contributed by atoms with Gasteiger partial charge in [-0.25, -0.2) is 0 Å². The van der Waals surface area contributed by atoms with Crippen LogP contribution in [0.4, 0.5) is 0 Å². The first-order chi connectivity index (χ1) is 8.92. The molecule has 2 nitrogen and oxygen atoms in total. The van der Waals surface area contributed by atoms with Crippen molar-refractivity contribution >= 4 is 8.24 Å². The van der Waals surface area contributed by atoms with E-state index in [9.17, 15) is 0 Å². The minimum atomic E-state index is -1.63. The van der Waals surface area contributed by atoms with Crippen molar-refractivity contribution in [2.24, 2.45) is 0 Å². The van der Waals surface area contributed by atoms with Crippen LogP contribution in [-0.2, 0) is 0 Å². The van der Waals surface area contributed by atoms with Crippen molar-refractivity contribution in [1.29, 1.82) is 0 Å². The van der Waals surface area contributed by atoms with Crippen molar-refractivity contribution < 1.29 is 0 Å². The van der Waals surface area contributed by atoms with Crippen LogP contribution in [0.2, 0.25) is 13.1 Å². The molecule has 1 unspecified atom stereocenters. The molecule has 1 N–H and O–H groups in total. The van der Waals surface area contributed by atoms with Gasteiger partial charge in [0.2, 0.25) is 0 Å². The second-order valence-electron chi connectivity index (χ2n) is 7.84. The summed E-state index contributed by atoms with van der Waals surface area (Å²) in [5.74, 6) is 0. The van der Waals surface area contributed by atoms with Gasteiger partial charge in [0.1, 0.15) is 0 Å². The molecule has 3 heteroatoms. The Labute approximate surface area is 127 Å². The largest absolute Gasteiger partial charge is 0.329 e. The van der Waals surface area contributed by atoms with Crippen LogP contribution in [0.25, 0.3) is 0 Å². The summed E-state index contributed by atoms with van der Waals surface area (Å²) in [5.41, 5.74) is 4.81. The molecule has 0 radical (unpaired) electrons.